The molecule has 1 aliphatic heterocycles. The highest BCUT2D eigenvalue weighted by molar-refractivity contribution is 6.00. The fourth-order valence-electron chi connectivity index (χ4n) is 2.59. The van der Waals surface area contributed by atoms with E-state index in [1.165, 1.54) is 0 Å². The second-order valence-corrected chi connectivity index (χ2v) is 5.09. The van der Waals surface area contributed by atoms with Crippen molar-refractivity contribution in [2.75, 3.05) is 24.3 Å². The Labute approximate surface area is 127 Å². The van der Waals surface area contributed by atoms with Gasteiger partial charge in [-0.1, -0.05) is 12.1 Å². The van der Waals surface area contributed by atoms with Crippen molar-refractivity contribution in [2.24, 2.45) is 0 Å². The van der Waals surface area contributed by atoms with Crippen LogP contribution in [0.1, 0.15) is 0 Å². The zero-order valence-electron chi connectivity index (χ0n) is 11.9. The molecule has 5 heteroatoms. The van der Waals surface area contributed by atoms with Gasteiger partial charge in [0.15, 0.2) is 11.5 Å². The number of pyridine rings is 1. The summed E-state index contributed by atoms with van der Waals surface area (Å²) in [5, 5.41) is 5.29. The number of aromatic nitrogens is 1. The van der Waals surface area contributed by atoms with Crippen LogP contribution in [0.3, 0.4) is 0 Å². The minimum absolute atomic E-state index is 0.569. The van der Waals surface area contributed by atoms with E-state index in [1.807, 2.05) is 42.5 Å². The van der Waals surface area contributed by atoms with Gasteiger partial charge < -0.3 is 20.5 Å². The van der Waals surface area contributed by atoms with Crippen molar-refractivity contribution in [1.29, 1.82) is 0 Å². The minimum Gasteiger partial charge on any atom is -0.486 e. The molecule has 1 aromatic heterocycles. The summed E-state index contributed by atoms with van der Waals surface area (Å²) in [6.45, 7) is 1.16. The highest BCUT2D eigenvalue weighted by Gasteiger charge is 2.12. The van der Waals surface area contributed by atoms with Gasteiger partial charge in [0.25, 0.3) is 0 Å². The number of nitrogens with zero attached hydrogens (tertiary/aromatic N) is 1. The van der Waals surface area contributed by atoms with Crippen LogP contribution in [0.15, 0.2) is 48.7 Å². The van der Waals surface area contributed by atoms with E-state index in [0.29, 0.717) is 13.2 Å². The molecule has 0 aliphatic carbocycles. The van der Waals surface area contributed by atoms with Crippen LogP contribution in [0, 0.1) is 0 Å². The van der Waals surface area contributed by atoms with Gasteiger partial charge in [0.2, 0.25) is 0 Å². The summed E-state index contributed by atoms with van der Waals surface area (Å²) in [4.78, 5) is 4.42. The molecule has 110 valence electrons. The summed E-state index contributed by atoms with van der Waals surface area (Å²) in [7, 11) is 0. The summed E-state index contributed by atoms with van der Waals surface area (Å²) in [5.74, 6) is 2.28. The van der Waals surface area contributed by atoms with Crippen LogP contribution >= 0.6 is 0 Å². The van der Waals surface area contributed by atoms with E-state index in [4.69, 9.17) is 15.2 Å². The topological polar surface area (TPSA) is 69.4 Å². The molecule has 0 fully saturated rings. The maximum absolute atomic E-state index is 6.02. The quantitative estimate of drug-likeness (QED) is 0.709. The third-order valence-corrected chi connectivity index (χ3v) is 3.64. The van der Waals surface area contributed by atoms with Crippen molar-refractivity contribution in [1.82, 2.24) is 4.98 Å². The van der Waals surface area contributed by atoms with Crippen LogP contribution < -0.4 is 20.5 Å². The number of rotatable bonds is 2. The van der Waals surface area contributed by atoms with Crippen molar-refractivity contribution in [3.63, 3.8) is 0 Å². The second kappa shape index (κ2) is 5.11. The maximum atomic E-state index is 6.02. The van der Waals surface area contributed by atoms with E-state index in [9.17, 15) is 0 Å². The van der Waals surface area contributed by atoms with E-state index in [1.54, 1.807) is 6.20 Å². The lowest BCUT2D eigenvalue weighted by molar-refractivity contribution is 0.171. The van der Waals surface area contributed by atoms with Gasteiger partial charge in [0.1, 0.15) is 19.0 Å². The molecule has 0 saturated heterocycles. The fraction of sp³-hybridized carbons (Fsp3) is 0.118. The molecule has 3 aromatic rings. The smallest absolute Gasteiger partial charge is 0.163 e. The number of nitrogens with one attached hydrogen (secondary N) is 1. The Kier molecular flexibility index (Phi) is 2.96. The standard InChI is InChI=1S/C17H15N3O2/c18-14-3-1-2-13-12(14)6-7-19-17(13)20-11-4-5-15-16(10-11)22-9-8-21-15/h1-7,10H,8-9,18H2,(H,19,20). The molecule has 2 heterocycles. The molecule has 0 unspecified atom stereocenters. The largest absolute Gasteiger partial charge is 0.486 e. The van der Waals surface area contributed by atoms with E-state index >= 15 is 0 Å². The first-order chi connectivity index (χ1) is 10.8. The average molecular weight is 293 g/mol. The Bertz CT molecular complexity index is 848. The summed E-state index contributed by atoms with van der Waals surface area (Å²) < 4.78 is 11.1. The number of ether oxygens (including phenoxy) is 2. The van der Waals surface area contributed by atoms with Crippen LogP contribution in [0.5, 0.6) is 11.5 Å². The molecule has 22 heavy (non-hydrogen) atoms. The highest BCUT2D eigenvalue weighted by Crippen LogP contribution is 2.34. The van der Waals surface area contributed by atoms with Gasteiger partial charge in [-0.2, -0.15) is 0 Å². The Hall–Kier alpha value is -2.95. The highest BCUT2D eigenvalue weighted by atomic mass is 16.6. The first-order valence-electron chi connectivity index (χ1n) is 7.11. The number of fused-ring (bicyclic) bond motifs is 2. The van der Waals surface area contributed by atoms with Gasteiger partial charge in [0, 0.05) is 34.4 Å². The summed E-state index contributed by atoms with van der Waals surface area (Å²) in [6, 6.07) is 13.5. The van der Waals surface area contributed by atoms with Crippen LogP contribution in [-0.4, -0.2) is 18.2 Å². The molecule has 3 N–H and O–H groups in total. The normalized spacial score (nSPS) is 13.1. The molecule has 0 bridgehead atoms. The molecular formula is C17H15N3O2. The molecule has 0 radical (unpaired) electrons. The predicted molar refractivity (Wildman–Crippen MR) is 86.9 cm³/mol. The Morgan fingerprint density at radius 2 is 1.82 bits per heavy atom. The lowest BCUT2D eigenvalue weighted by atomic mass is 10.1. The number of hydrogen-bond donors (Lipinski definition) is 2. The molecule has 0 saturated carbocycles. The number of anilines is 3. The van der Waals surface area contributed by atoms with Crippen LogP contribution in [-0.2, 0) is 0 Å². The van der Waals surface area contributed by atoms with Gasteiger partial charge >= 0.3 is 0 Å². The van der Waals surface area contributed by atoms with Crippen LogP contribution in [0.25, 0.3) is 10.8 Å². The van der Waals surface area contributed by atoms with E-state index in [2.05, 4.69) is 10.3 Å². The van der Waals surface area contributed by atoms with Crippen molar-refractivity contribution in [3.8, 4) is 11.5 Å². The average Bonchev–Trinajstić information content (AvgIpc) is 2.56. The molecule has 1 aliphatic rings. The van der Waals surface area contributed by atoms with E-state index in [0.717, 1.165) is 39.5 Å². The third-order valence-electron chi connectivity index (χ3n) is 3.64. The Balaban J connectivity index is 1.73. The second-order valence-electron chi connectivity index (χ2n) is 5.09. The van der Waals surface area contributed by atoms with Crippen LogP contribution in [0.2, 0.25) is 0 Å². The third kappa shape index (κ3) is 2.16. The Morgan fingerprint density at radius 3 is 2.73 bits per heavy atom. The first-order valence-corrected chi connectivity index (χ1v) is 7.11. The summed E-state index contributed by atoms with van der Waals surface area (Å²) >= 11 is 0. The van der Waals surface area contributed by atoms with Crippen molar-refractivity contribution in [2.45, 2.75) is 0 Å². The lowest BCUT2D eigenvalue weighted by Crippen LogP contribution is -2.15. The van der Waals surface area contributed by atoms with Crippen LogP contribution in [0.4, 0.5) is 17.2 Å². The lowest BCUT2D eigenvalue weighted by Gasteiger charge is -2.19. The summed E-state index contributed by atoms with van der Waals surface area (Å²) in [6.07, 6.45) is 1.75. The van der Waals surface area contributed by atoms with Crippen molar-refractivity contribution in [3.05, 3.63) is 48.7 Å². The minimum atomic E-state index is 0.569. The predicted octanol–water partition coefficient (Wildman–Crippen LogP) is 3.33. The zero-order chi connectivity index (χ0) is 14.9. The molecule has 5 nitrogen and oxygen atoms in total. The SMILES string of the molecule is Nc1cccc2c(Nc3ccc4c(c3)OCCO4)nccc12. The number of hydrogen-bond acceptors (Lipinski definition) is 5. The molecular weight excluding hydrogens is 278 g/mol. The first kappa shape index (κ1) is 12.8. The Morgan fingerprint density at radius 1 is 0.955 bits per heavy atom. The zero-order valence-corrected chi connectivity index (χ0v) is 11.9. The monoisotopic (exact) mass is 293 g/mol. The van der Waals surface area contributed by atoms with Gasteiger partial charge in [-0.05, 0) is 24.3 Å². The molecule has 0 amide bonds. The van der Waals surface area contributed by atoms with Crippen molar-refractivity contribution >= 4 is 28.0 Å². The van der Waals surface area contributed by atoms with E-state index in [-0.39, 0.29) is 0 Å². The summed E-state index contributed by atoms with van der Waals surface area (Å²) in [5.41, 5.74) is 7.65. The van der Waals surface area contributed by atoms with Gasteiger partial charge in [-0.25, -0.2) is 4.98 Å². The maximum Gasteiger partial charge on any atom is 0.163 e. The number of nitrogens with two attached hydrogens (primary N) is 1. The number of benzene rings is 2. The fourth-order valence-corrected chi connectivity index (χ4v) is 2.59. The molecule has 0 spiro atoms. The van der Waals surface area contributed by atoms with Gasteiger partial charge in [-0.15, -0.1) is 0 Å². The molecule has 4 rings (SSSR count). The molecule has 0 atom stereocenters. The van der Waals surface area contributed by atoms with E-state index < -0.39 is 0 Å². The molecule has 2 aromatic carbocycles. The van der Waals surface area contributed by atoms with Gasteiger partial charge in [-0.3, -0.25) is 0 Å². The van der Waals surface area contributed by atoms with Crippen molar-refractivity contribution < 1.29 is 9.47 Å². The number of nitrogen functional groups attached to an aromatic ring is 1. The van der Waals surface area contributed by atoms with Gasteiger partial charge in [0.05, 0.1) is 0 Å².